The van der Waals surface area contributed by atoms with E-state index in [0.717, 1.165) is 18.0 Å². The van der Waals surface area contributed by atoms with Gasteiger partial charge in [0.25, 0.3) is 0 Å². The maximum Gasteiger partial charge on any atom is 0.0332 e. The predicted octanol–water partition coefficient (Wildman–Crippen LogP) is 3.42. The molecule has 0 spiro atoms. The molecule has 2 heteroatoms. The van der Waals surface area contributed by atoms with Crippen molar-refractivity contribution in [3.05, 3.63) is 0 Å². The first kappa shape index (κ1) is 14.3. The second kappa shape index (κ2) is 5.92. The monoisotopic (exact) mass is 252 g/mol. The van der Waals surface area contributed by atoms with E-state index in [1.54, 1.807) is 0 Å². The van der Waals surface area contributed by atoms with E-state index < -0.39 is 0 Å². The summed E-state index contributed by atoms with van der Waals surface area (Å²) in [4.78, 5) is 2.86. The molecule has 1 heterocycles. The molecule has 1 saturated heterocycles. The highest BCUT2D eigenvalue weighted by molar-refractivity contribution is 5.02. The molecule has 2 fully saturated rings. The molecule has 0 aromatic carbocycles. The Bertz CT molecular complexity index is 256. The van der Waals surface area contributed by atoms with E-state index in [2.05, 4.69) is 37.9 Å². The highest BCUT2D eigenvalue weighted by atomic mass is 15.3. The van der Waals surface area contributed by atoms with Crippen molar-refractivity contribution in [1.82, 2.24) is 10.2 Å². The maximum atomic E-state index is 3.86. The lowest BCUT2D eigenvalue weighted by Gasteiger charge is -2.52. The van der Waals surface area contributed by atoms with Crippen LogP contribution in [-0.4, -0.2) is 35.6 Å². The summed E-state index contributed by atoms with van der Waals surface area (Å²) < 4.78 is 0. The quantitative estimate of drug-likeness (QED) is 0.779. The first-order valence-corrected chi connectivity index (χ1v) is 8.17. The van der Waals surface area contributed by atoms with Crippen LogP contribution in [0.15, 0.2) is 0 Å². The molecule has 2 nitrogen and oxygen atoms in total. The van der Waals surface area contributed by atoms with Gasteiger partial charge in [0.2, 0.25) is 0 Å². The molecule has 2 aliphatic rings. The first-order valence-electron chi connectivity index (χ1n) is 8.17. The summed E-state index contributed by atoms with van der Waals surface area (Å²) in [6, 6.07) is 1.52. The van der Waals surface area contributed by atoms with Crippen molar-refractivity contribution < 1.29 is 0 Å². The standard InChI is InChI=1S/C16H32N2/c1-5-8-13(4)18-11-15(14-9-10-14)17-12-16(18,6-2)7-3/h13-15,17H,5-12H2,1-4H3. The van der Waals surface area contributed by atoms with Gasteiger partial charge in [-0.15, -0.1) is 0 Å². The summed E-state index contributed by atoms with van der Waals surface area (Å²) >= 11 is 0. The number of nitrogens with one attached hydrogen (secondary N) is 1. The fourth-order valence-corrected chi connectivity index (χ4v) is 3.83. The van der Waals surface area contributed by atoms with Crippen molar-refractivity contribution >= 4 is 0 Å². The average Bonchev–Trinajstić information content (AvgIpc) is 3.22. The minimum absolute atomic E-state index is 0.417. The van der Waals surface area contributed by atoms with Crippen molar-refractivity contribution in [2.45, 2.75) is 83.8 Å². The van der Waals surface area contributed by atoms with Crippen LogP contribution >= 0.6 is 0 Å². The molecule has 2 unspecified atom stereocenters. The van der Waals surface area contributed by atoms with E-state index in [0.29, 0.717) is 5.54 Å². The van der Waals surface area contributed by atoms with Gasteiger partial charge in [-0.3, -0.25) is 4.90 Å². The first-order chi connectivity index (χ1) is 8.66. The Morgan fingerprint density at radius 2 is 1.89 bits per heavy atom. The average molecular weight is 252 g/mol. The lowest BCUT2D eigenvalue weighted by Crippen LogP contribution is -2.66. The zero-order chi connectivity index (χ0) is 13.2. The third-order valence-electron chi connectivity index (χ3n) is 5.44. The lowest BCUT2D eigenvalue weighted by molar-refractivity contribution is -0.00562. The van der Waals surface area contributed by atoms with Gasteiger partial charge in [0.1, 0.15) is 0 Å². The highest BCUT2D eigenvalue weighted by Gasteiger charge is 2.44. The molecule has 2 rings (SSSR count). The summed E-state index contributed by atoms with van der Waals surface area (Å²) in [5, 5.41) is 3.86. The summed E-state index contributed by atoms with van der Waals surface area (Å²) in [6.07, 6.45) is 8.13. The van der Waals surface area contributed by atoms with Crippen molar-refractivity contribution in [2.75, 3.05) is 13.1 Å². The summed E-state index contributed by atoms with van der Waals surface area (Å²) in [5.74, 6) is 0.980. The zero-order valence-corrected chi connectivity index (χ0v) is 12.8. The Morgan fingerprint density at radius 1 is 1.22 bits per heavy atom. The fraction of sp³-hybridized carbons (Fsp3) is 1.00. The van der Waals surface area contributed by atoms with Gasteiger partial charge in [-0.25, -0.2) is 0 Å². The van der Waals surface area contributed by atoms with E-state index >= 15 is 0 Å². The van der Waals surface area contributed by atoms with Gasteiger partial charge in [-0.1, -0.05) is 27.2 Å². The molecular formula is C16H32N2. The molecule has 2 atom stereocenters. The SMILES string of the molecule is CCCC(C)N1CC(C2CC2)NCC1(CC)CC. The van der Waals surface area contributed by atoms with Crippen molar-refractivity contribution in [3.8, 4) is 0 Å². The minimum atomic E-state index is 0.417. The van der Waals surface area contributed by atoms with Crippen LogP contribution in [0.2, 0.25) is 0 Å². The highest BCUT2D eigenvalue weighted by Crippen LogP contribution is 2.38. The van der Waals surface area contributed by atoms with Crippen molar-refractivity contribution in [3.63, 3.8) is 0 Å². The normalized spacial score (nSPS) is 30.3. The Morgan fingerprint density at radius 3 is 2.39 bits per heavy atom. The second-order valence-electron chi connectivity index (χ2n) is 6.55. The van der Waals surface area contributed by atoms with Crippen LogP contribution in [0.4, 0.5) is 0 Å². The summed E-state index contributed by atoms with van der Waals surface area (Å²) in [6.45, 7) is 12.0. The largest absolute Gasteiger partial charge is 0.311 e. The van der Waals surface area contributed by atoms with Gasteiger partial charge in [0, 0.05) is 30.7 Å². The molecule has 18 heavy (non-hydrogen) atoms. The van der Waals surface area contributed by atoms with E-state index in [1.807, 2.05) is 0 Å². The minimum Gasteiger partial charge on any atom is -0.311 e. The predicted molar refractivity (Wildman–Crippen MR) is 78.9 cm³/mol. The van der Waals surface area contributed by atoms with E-state index in [-0.39, 0.29) is 0 Å². The number of nitrogens with zero attached hydrogens (tertiary/aromatic N) is 1. The van der Waals surface area contributed by atoms with Crippen molar-refractivity contribution in [2.24, 2.45) is 5.92 Å². The molecule has 0 aromatic heterocycles. The van der Waals surface area contributed by atoms with Crippen LogP contribution in [0.1, 0.15) is 66.2 Å². The van der Waals surface area contributed by atoms with Gasteiger partial charge in [-0.2, -0.15) is 0 Å². The lowest BCUT2D eigenvalue weighted by atomic mass is 9.84. The Hall–Kier alpha value is -0.0800. The molecule has 1 N–H and O–H groups in total. The van der Waals surface area contributed by atoms with E-state index in [4.69, 9.17) is 0 Å². The molecule has 1 saturated carbocycles. The molecule has 0 bridgehead atoms. The summed E-state index contributed by atoms with van der Waals surface area (Å²) in [7, 11) is 0. The third-order valence-corrected chi connectivity index (χ3v) is 5.44. The molecular weight excluding hydrogens is 220 g/mol. The number of rotatable bonds is 6. The van der Waals surface area contributed by atoms with Gasteiger partial charge >= 0.3 is 0 Å². The topological polar surface area (TPSA) is 15.3 Å². The fourth-order valence-electron chi connectivity index (χ4n) is 3.83. The van der Waals surface area contributed by atoms with Crippen LogP contribution in [0.3, 0.4) is 0 Å². The Balaban J connectivity index is 2.08. The smallest absolute Gasteiger partial charge is 0.0332 e. The maximum absolute atomic E-state index is 3.86. The van der Waals surface area contributed by atoms with Crippen LogP contribution < -0.4 is 5.32 Å². The van der Waals surface area contributed by atoms with Gasteiger partial charge in [0.15, 0.2) is 0 Å². The van der Waals surface area contributed by atoms with E-state index in [9.17, 15) is 0 Å². The molecule has 0 amide bonds. The molecule has 106 valence electrons. The van der Waals surface area contributed by atoms with E-state index in [1.165, 1.54) is 51.6 Å². The van der Waals surface area contributed by atoms with Crippen LogP contribution in [0.5, 0.6) is 0 Å². The van der Waals surface area contributed by atoms with Crippen LogP contribution in [0, 0.1) is 5.92 Å². The zero-order valence-electron chi connectivity index (χ0n) is 12.8. The van der Waals surface area contributed by atoms with Crippen molar-refractivity contribution in [1.29, 1.82) is 0 Å². The summed E-state index contributed by atoms with van der Waals surface area (Å²) in [5.41, 5.74) is 0.417. The molecule has 1 aliphatic carbocycles. The van der Waals surface area contributed by atoms with Gasteiger partial charge in [0.05, 0.1) is 0 Å². The molecule has 1 aliphatic heterocycles. The van der Waals surface area contributed by atoms with Crippen LogP contribution in [0.25, 0.3) is 0 Å². The Kier molecular flexibility index (Phi) is 4.71. The third kappa shape index (κ3) is 2.75. The van der Waals surface area contributed by atoms with Crippen LogP contribution in [-0.2, 0) is 0 Å². The van der Waals surface area contributed by atoms with Gasteiger partial charge in [-0.05, 0) is 44.9 Å². The number of hydrogen-bond acceptors (Lipinski definition) is 2. The number of hydrogen-bond donors (Lipinski definition) is 1. The molecule has 0 radical (unpaired) electrons. The second-order valence-corrected chi connectivity index (χ2v) is 6.55. The van der Waals surface area contributed by atoms with Gasteiger partial charge < -0.3 is 5.32 Å². The number of piperazine rings is 1. The Labute approximate surface area is 114 Å². The molecule has 0 aromatic rings.